The number of aromatic nitrogens is 2. The maximum absolute atomic E-state index is 12.1. The van der Waals surface area contributed by atoms with Crippen molar-refractivity contribution in [1.82, 2.24) is 9.78 Å². The van der Waals surface area contributed by atoms with Crippen LogP contribution in [-0.2, 0) is 11.3 Å². The molecule has 118 valence electrons. The lowest BCUT2D eigenvalue weighted by molar-refractivity contribution is 0.182. The third-order valence-electron chi connectivity index (χ3n) is 3.64. The number of rotatable bonds is 7. The van der Waals surface area contributed by atoms with Crippen LogP contribution in [0.2, 0.25) is 5.02 Å². The van der Waals surface area contributed by atoms with E-state index in [0.717, 1.165) is 18.6 Å². The molecule has 0 amide bonds. The first-order chi connectivity index (χ1) is 10.2. The SMILES string of the molecule is CCSC1CCC(Nc2cnn(CCOC)c(=O)c2Cl)C1. The van der Waals surface area contributed by atoms with Crippen LogP contribution in [0.15, 0.2) is 11.0 Å². The molecule has 7 heteroatoms. The van der Waals surface area contributed by atoms with Gasteiger partial charge in [0.25, 0.3) is 5.56 Å². The second-order valence-corrected chi connectivity index (χ2v) is 7.08. The number of hydrogen-bond acceptors (Lipinski definition) is 5. The molecular formula is C14H22ClN3O2S. The topological polar surface area (TPSA) is 56.1 Å². The summed E-state index contributed by atoms with van der Waals surface area (Å²) in [6.45, 7) is 3.04. The van der Waals surface area contributed by atoms with E-state index in [0.29, 0.717) is 30.1 Å². The van der Waals surface area contributed by atoms with E-state index in [1.807, 2.05) is 11.8 Å². The van der Waals surface area contributed by atoms with Crippen molar-refractivity contribution in [2.75, 3.05) is 24.8 Å². The normalized spacial score (nSPS) is 21.7. The van der Waals surface area contributed by atoms with Crippen LogP contribution in [0.1, 0.15) is 26.2 Å². The third kappa shape index (κ3) is 4.37. The Morgan fingerprint density at radius 3 is 3.10 bits per heavy atom. The summed E-state index contributed by atoms with van der Waals surface area (Å²) in [5.74, 6) is 1.15. The fourth-order valence-electron chi connectivity index (χ4n) is 2.58. The van der Waals surface area contributed by atoms with Crippen molar-refractivity contribution in [3.05, 3.63) is 21.6 Å². The standard InChI is InChI=1S/C14H22ClN3O2S/c1-3-21-11-5-4-10(8-11)17-12-9-16-18(6-7-20-2)14(19)13(12)15/h9-11,17H,3-8H2,1-2H3. The number of methoxy groups -OCH3 is 1. The summed E-state index contributed by atoms with van der Waals surface area (Å²) in [4.78, 5) is 12.1. The Morgan fingerprint density at radius 1 is 1.57 bits per heavy atom. The van der Waals surface area contributed by atoms with Gasteiger partial charge in [0.1, 0.15) is 5.02 Å². The fourth-order valence-corrected chi connectivity index (χ4v) is 3.92. The first-order valence-electron chi connectivity index (χ1n) is 7.28. The minimum absolute atomic E-state index is 0.215. The minimum Gasteiger partial charge on any atom is -0.383 e. The summed E-state index contributed by atoms with van der Waals surface area (Å²) in [7, 11) is 1.59. The molecule has 0 radical (unpaired) electrons. The highest BCUT2D eigenvalue weighted by Gasteiger charge is 2.25. The summed E-state index contributed by atoms with van der Waals surface area (Å²) in [5, 5.41) is 8.44. The number of halogens is 1. The van der Waals surface area contributed by atoms with Crippen molar-refractivity contribution < 1.29 is 4.74 Å². The lowest BCUT2D eigenvalue weighted by atomic mass is 10.2. The van der Waals surface area contributed by atoms with Crippen LogP contribution >= 0.6 is 23.4 Å². The smallest absolute Gasteiger partial charge is 0.287 e. The van der Waals surface area contributed by atoms with Gasteiger partial charge in [-0.25, -0.2) is 4.68 Å². The van der Waals surface area contributed by atoms with Crippen LogP contribution in [0.3, 0.4) is 0 Å². The van der Waals surface area contributed by atoms with Crippen molar-refractivity contribution in [2.45, 2.75) is 44.0 Å². The molecule has 5 nitrogen and oxygen atoms in total. The summed E-state index contributed by atoms with van der Waals surface area (Å²) in [5.41, 5.74) is 0.374. The zero-order valence-corrected chi connectivity index (χ0v) is 14.0. The molecule has 2 unspecified atom stereocenters. The highest BCUT2D eigenvalue weighted by atomic mass is 35.5. The van der Waals surface area contributed by atoms with Crippen LogP contribution in [0, 0.1) is 0 Å². The molecule has 2 atom stereocenters. The molecule has 1 saturated carbocycles. The van der Waals surface area contributed by atoms with E-state index in [-0.39, 0.29) is 10.6 Å². The average molecular weight is 332 g/mol. The lowest BCUT2D eigenvalue weighted by Crippen LogP contribution is -2.27. The van der Waals surface area contributed by atoms with Gasteiger partial charge in [-0.3, -0.25) is 4.79 Å². The van der Waals surface area contributed by atoms with Crippen LogP contribution < -0.4 is 10.9 Å². The zero-order valence-electron chi connectivity index (χ0n) is 12.5. The van der Waals surface area contributed by atoms with Crippen molar-refractivity contribution >= 4 is 29.1 Å². The second-order valence-electron chi connectivity index (χ2n) is 5.12. The highest BCUT2D eigenvalue weighted by Crippen LogP contribution is 2.32. The molecule has 2 rings (SSSR count). The zero-order chi connectivity index (χ0) is 15.2. The van der Waals surface area contributed by atoms with E-state index in [2.05, 4.69) is 17.3 Å². The van der Waals surface area contributed by atoms with Gasteiger partial charge in [-0.2, -0.15) is 16.9 Å². The molecule has 1 aromatic rings. The molecule has 0 spiro atoms. The summed E-state index contributed by atoms with van der Waals surface area (Å²) < 4.78 is 6.29. The van der Waals surface area contributed by atoms with Gasteiger partial charge >= 0.3 is 0 Å². The Balaban J connectivity index is 2.01. The number of thioether (sulfide) groups is 1. The van der Waals surface area contributed by atoms with Gasteiger partial charge in [0.2, 0.25) is 0 Å². The predicted octanol–water partition coefficient (Wildman–Crippen LogP) is 2.63. The average Bonchev–Trinajstić information content (AvgIpc) is 2.91. The Kier molecular flexibility index (Phi) is 6.39. The largest absolute Gasteiger partial charge is 0.383 e. The summed E-state index contributed by atoms with van der Waals surface area (Å²) >= 11 is 8.18. The third-order valence-corrected chi connectivity index (χ3v) is 5.24. The maximum atomic E-state index is 12.1. The monoisotopic (exact) mass is 331 g/mol. The Labute approximate surface area is 134 Å². The van der Waals surface area contributed by atoms with Crippen LogP contribution in [0.4, 0.5) is 5.69 Å². The van der Waals surface area contributed by atoms with Gasteiger partial charge in [-0.1, -0.05) is 18.5 Å². The number of anilines is 1. The van der Waals surface area contributed by atoms with E-state index in [4.69, 9.17) is 16.3 Å². The van der Waals surface area contributed by atoms with Gasteiger partial charge in [-0.15, -0.1) is 0 Å². The van der Waals surface area contributed by atoms with E-state index in [1.54, 1.807) is 13.3 Å². The molecular weight excluding hydrogens is 310 g/mol. The van der Waals surface area contributed by atoms with Gasteiger partial charge in [0.15, 0.2) is 0 Å². The first-order valence-corrected chi connectivity index (χ1v) is 8.71. The second kappa shape index (κ2) is 8.06. The van der Waals surface area contributed by atoms with E-state index < -0.39 is 0 Å². The maximum Gasteiger partial charge on any atom is 0.287 e. The molecule has 21 heavy (non-hydrogen) atoms. The van der Waals surface area contributed by atoms with Gasteiger partial charge < -0.3 is 10.1 Å². The molecule has 0 aromatic carbocycles. The van der Waals surface area contributed by atoms with Gasteiger partial charge in [0.05, 0.1) is 25.0 Å². The molecule has 1 heterocycles. The minimum atomic E-state index is -0.267. The molecule has 1 aromatic heterocycles. The van der Waals surface area contributed by atoms with E-state index >= 15 is 0 Å². The number of nitrogens with zero attached hydrogens (tertiary/aromatic N) is 2. The quantitative estimate of drug-likeness (QED) is 0.832. The van der Waals surface area contributed by atoms with Gasteiger partial charge in [-0.05, 0) is 25.0 Å². The first kappa shape index (κ1) is 16.6. The van der Waals surface area contributed by atoms with E-state index in [9.17, 15) is 4.79 Å². The molecule has 1 aliphatic carbocycles. The lowest BCUT2D eigenvalue weighted by Gasteiger charge is -2.16. The Bertz CT molecular complexity index is 523. The van der Waals surface area contributed by atoms with Crippen molar-refractivity contribution in [3.8, 4) is 0 Å². The summed E-state index contributed by atoms with van der Waals surface area (Å²) in [6, 6.07) is 0.377. The Morgan fingerprint density at radius 2 is 2.38 bits per heavy atom. The Hall–Kier alpha value is -0.720. The molecule has 1 aliphatic rings. The summed E-state index contributed by atoms with van der Waals surface area (Å²) in [6.07, 6.45) is 5.08. The number of hydrogen-bond donors (Lipinski definition) is 1. The highest BCUT2D eigenvalue weighted by molar-refractivity contribution is 7.99. The fraction of sp³-hybridized carbons (Fsp3) is 0.714. The predicted molar refractivity (Wildman–Crippen MR) is 88.6 cm³/mol. The number of ether oxygens (including phenoxy) is 1. The molecule has 0 bridgehead atoms. The van der Waals surface area contributed by atoms with Crippen LogP contribution in [-0.4, -0.2) is 40.5 Å². The molecule has 0 saturated heterocycles. The van der Waals surface area contributed by atoms with Crippen molar-refractivity contribution in [3.63, 3.8) is 0 Å². The van der Waals surface area contributed by atoms with Gasteiger partial charge in [0, 0.05) is 18.4 Å². The molecule has 1 fully saturated rings. The molecule has 1 N–H and O–H groups in total. The van der Waals surface area contributed by atoms with Crippen LogP contribution in [0.5, 0.6) is 0 Å². The number of nitrogens with one attached hydrogen (secondary N) is 1. The van der Waals surface area contributed by atoms with Crippen LogP contribution in [0.25, 0.3) is 0 Å². The molecule has 0 aliphatic heterocycles. The van der Waals surface area contributed by atoms with Crippen molar-refractivity contribution in [2.24, 2.45) is 0 Å². The van der Waals surface area contributed by atoms with E-state index in [1.165, 1.54) is 11.1 Å². The van der Waals surface area contributed by atoms with Crippen molar-refractivity contribution in [1.29, 1.82) is 0 Å².